The van der Waals surface area contributed by atoms with Crippen LogP contribution in [0.5, 0.6) is 0 Å². The van der Waals surface area contributed by atoms with Gasteiger partial charge in [-0.15, -0.1) is 0 Å². The first-order valence-corrected chi connectivity index (χ1v) is 7.65. The Hall–Kier alpha value is -2.24. The summed E-state index contributed by atoms with van der Waals surface area (Å²) in [6.07, 6.45) is 2.63. The molecule has 0 saturated carbocycles. The Morgan fingerprint density at radius 1 is 1.26 bits per heavy atom. The van der Waals surface area contributed by atoms with E-state index in [0.717, 1.165) is 0 Å². The van der Waals surface area contributed by atoms with Crippen LogP contribution in [0.4, 0.5) is 0 Å². The lowest BCUT2D eigenvalue weighted by Gasteiger charge is -2.32. The molecule has 0 amide bonds. The van der Waals surface area contributed by atoms with Gasteiger partial charge in [0.2, 0.25) is 5.78 Å². The van der Waals surface area contributed by atoms with E-state index in [0.29, 0.717) is 52.6 Å². The largest absolute Gasteiger partial charge is 0.460 e. The summed E-state index contributed by atoms with van der Waals surface area (Å²) in [4.78, 5) is 24.8. The lowest BCUT2D eigenvalue weighted by Crippen LogP contribution is -2.34. The summed E-state index contributed by atoms with van der Waals surface area (Å²) in [5, 5.41) is 20.3. The highest BCUT2D eigenvalue weighted by atomic mass is 16.3. The Labute approximate surface area is 132 Å². The second-order valence-corrected chi connectivity index (χ2v) is 6.28. The molecule has 1 aromatic carbocycles. The molecule has 2 aliphatic carbocycles. The number of aliphatic hydroxyl groups excluding tert-OH is 1. The normalized spacial score (nSPS) is 22.0. The van der Waals surface area contributed by atoms with E-state index < -0.39 is 5.60 Å². The second kappa shape index (κ2) is 4.63. The smallest absolute Gasteiger partial charge is 0.229 e. The standard InChI is InChI=1S/C18H16O5/c1-18(22)12-4-2-10-11(3-5-13(10)20)14(12)16(21)17-15(18)9(6-7-19)8-23-17/h2,4,8,19,22H,3,5-7H2,1H3/t18-/m0/s1. The number of fused-ring (bicyclic) bond motifs is 4. The summed E-state index contributed by atoms with van der Waals surface area (Å²) in [6.45, 7) is 1.53. The van der Waals surface area contributed by atoms with E-state index in [4.69, 9.17) is 4.42 Å². The number of ketones is 2. The average molecular weight is 312 g/mol. The molecule has 23 heavy (non-hydrogen) atoms. The van der Waals surface area contributed by atoms with Crippen LogP contribution in [0.15, 0.2) is 22.8 Å². The predicted molar refractivity (Wildman–Crippen MR) is 80.7 cm³/mol. The summed E-state index contributed by atoms with van der Waals surface area (Å²) in [6, 6.07) is 3.36. The first kappa shape index (κ1) is 14.4. The zero-order valence-corrected chi connectivity index (χ0v) is 12.7. The Morgan fingerprint density at radius 2 is 2.04 bits per heavy atom. The number of Topliss-reactive ketones (excluding diaryl/α,β-unsaturated/α-hetero) is 1. The third kappa shape index (κ3) is 1.75. The number of aliphatic hydroxyl groups is 2. The third-order valence-corrected chi connectivity index (χ3v) is 4.91. The van der Waals surface area contributed by atoms with Crippen molar-refractivity contribution in [2.45, 2.75) is 31.8 Å². The summed E-state index contributed by atoms with van der Waals surface area (Å²) in [5.41, 5.74) is 1.84. The second-order valence-electron chi connectivity index (χ2n) is 6.28. The van der Waals surface area contributed by atoms with E-state index >= 15 is 0 Å². The maximum Gasteiger partial charge on any atom is 0.229 e. The number of rotatable bonds is 2. The van der Waals surface area contributed by atoms with Crippen LogP contribution in [0.2, 0.25) is 0 Å². The van der Waals surface area contributed by atoms with Gasteiger partial charge in [-0.05, 0) is 36.5 Å². The lowest BCUT2D eigenvalue weighted by molar-refractivity contribution is 0.0824. The minimum Gasteiger partial charge on any atom is -0.460 e. The molecule has 1 heterocycles. The molecule has 0 unspecified atom stereocenters. The maximum absolute atomic E-state index is 12.9. The van der Waals surface area contributed by atoms with Gasteiger partial charge >= 0.3 is 0 Å². The van der Waals surface area contributed by atoms with Gasteiger partial charge < -0.3 is 14.6 Å². The molecule has 4 rings (SSSR count). The number of furan rings is 1. The highest BCUT2D eigenvalue weighted by Crippen LogP contribution is 2.45. The lowest BCUT2D eigenvalue weighted by atomic mass is 9.74. The molecule has 0 aliphatic heterocycles. The number of benzene rings is 1. The molecule has 0 bridgehead atoms. The van der Waals surface area contributed by atoms with Crippen molar-refractivity contribution < 1.29 is 24.2 Å². The monoisotopic (exact) mass is 312 g/mol. The van der Waals surface area contributed by atoms with Crippen LogP contribution in [-0.2, 0) is 18.4 Å². The van der Waals surface area contributed by atoms with Gasteiger partial charge in [-0.3, -0.25) is 9.59 Å². The van der Waals surface area contributed by atoms with E-state index in [-0.39, 0.29) is 23.9 Å². The first-order valence-electron chi connectivity index (χ1n) is 7.65. The fraction of sp³-hybridized carbons (Fsp3) is 0.333. The molecular weight excluding hydrogens is 296 g/mol. The van der Waals surface area contributed by atoms with E-state index in [1.54, 1.807) is 19.1 Å². The van der Waals surface area contributed by atoms with Crippen molar-refractivity contribution in [2.24, 2.45) is 0 Å². The molecule has 0 spiro atoms. The topological polar surface area (TPSA) is 87.7 Å². The van der Waals surface area contributed by atoms with E-state index in [1.165, 1.54) is 6.26 Å². The zero-order chi connectivity index (χ0) is 16.4. The summed E-state index contributed by atoms with van der Waals surface area (Å²) < 4.78 is 5.43. The molecular formula is C18H16O5. The fourth-order valence-electron chi connectivity index (χ4n) is 3.85. The predicted octanol–water partition coefficient (Wildman–Crippen LogP) is 1.74. The third-order valence-electron chi connectivity index (χ3n) is 4.91. The van der Waals surface area contributed by atoms with Gasteiger partial charge in [-0.2, -0.15) is 0 Å². The van der Waals surface area contributed by atoms with Crippen molar-refractivity contribution in [1.82, 2.24) is 0 Å². The quantitative estimate of drug-likeness (QED) is 0.882. The number of hydrogen-bond acceptors (Lipinski definition) is 5. The summed E-state index contributed by atoms with van der Waals surface area (Å²) in [5.74, 6) is -0.155. The molecule has 118 valence electrons. The van der Waals surface area contributed by atoms with Gasteiger partial charge in [0.15, 0.2) is 11.5 Å². The van der Waals surface area contributed by atoms with Crippen LogP contribution >= 0.6 is 0 Å². The van der Waals surface area contributed by atoms with Gasteiger partial charge in [0.25, 0.3) is 0 Å². The number of carbonyl (C=O) groups is 2. The van der Waals surface area contributed by atoms with Gasteiger partial charge in [0.05, 0.1) is 6.26 Å². The highest BCUT2D eigenvalue weighted by molar-refractivity contribution is 6.15. The van der Waals surface area contributed by atoms with Crippen molar-refractivity contribution in [3.05, 3.63) is 57.5 Å². The Morgan fingerprint density at radius 3 is 2.78 bits per heavy atom. The van der Waals surface area contributed by atoms with E-state index in [1.807, 2.05) is 0 Å². The molecule has 1 atom stereocenters. The Balaban J connectivity index is 2.00. The van der Waals surface area contributed by atoms with Crippen molar-refractivity contribution in [1.29, 1.82) is 0 Å². The van der Waals surface area contributed by atoms with Gasteiger partial charge in [0, 0.05) is 29.7 Å². The average Bonchev–Trinajstić information content (AvgIpc) is 3.10. The Bertz CT molecular complexity index is 857. The summed E-state index contributed by atoms with van der Waals surface area (Å²) >= 11 is 0. The van der Waals surface area contributed by atoms with E-state index in [2.05, 4.69) is 0 Å². The highest BCUT2D eigenvalue weighted by Gasteiger charge is 2.45. The maximum atomic E-state index is 12.9. The fourth-order valence-corrected chi connectivity index (χ4v) is 3.85. The van der Waals surface area contributed by atoms with Crippen molar-refractivity contribution in [3.63, 3.8) is 0 Å². The zero-order valence-electron chi connectivity index (χ0n) is 12.7. The van der Waals surface area contributed by atoms with Gasteiger partial charge in [0.1, 0.15) is 5.60 Å². The van der Waals surface area contributed by atoms with Crippen LogP contribution in [0, 0.1) is 0 Å². The molecule has 0 fully saturated rings. The molecule has 2 aromatic rings. The van der Waals surface area contributed by atoms with Crippen molar-refractivity contribution in [2.75, 3.05) is 6.61 Å². The molecule has 1 aromatic heterocycles. The van der Waals surface area contributed by atoms with Crippen LogP contribution < -0.4 is 0 Å². The van der Waals surface area contributed by atoms with Crippen molar-refractivity contribution in [3.8, 4) is 0 Å². The molecule has 0 radical (unpaired) electrons. The summed E-state index contributed by atoms with van der Waals surface area (Å²) in [7, 11) is 0. The minimum absolute atomic E-state index is 0.0291. The SMILES string of the molecule is C[C@]1(O)c2ccc3c(c2C(=O)c2occ(CCO)c21)CCC3=O. The number of hydrogen-bond donors (Lipinski definition) is 2. The molecule has 5 heteroatoms. The number of carbonyl (C=O) groups excluding carboxylic acids is 2. The molecule has 0 saturated heterocycles. The van der Waals surface area contributed by atoms with E-state index in [9.17, 15) is 19.8 Å². The van der Waals surface area contributed by atoms with Crippen molar-refractivity contribution >= 4 is 11.6 Å². The van der Waals surface area contributed by atoms with Crippen LogP contribution in [0.3, 0.4) is 0 Å². The van der Waals surface area contributed by atoms with Crippen LogP contribution in [-0.4, -0.2) is 28.4 Å². The minimum atomic E-state index is -1.39. The molecule has 2 N–H and O–H groups in total. The molecule has 2 aliphatic rings. The van der Waals surface area contributed by atoms with Gasteiger partial charge in [-0.1, -0.05) is 12.1 Å². The molecule has 5 nitrogen and oxygen atoms in total. The first-order chi connectivity index (χ1) is 11.0. The Kier molecular flexibility index (Phi) is 2.89. The van der Waals surface area contributed by atoms with Gasteiger partial charge in [-0.25, -0.2) is 0 Å². The van der Waals surface area contributed by atoms with Crippen LogP contribution in [0.25, 0.3) is 0 Å². The van der Waals surface area contributed by atoms with Crippen LogP contribution in [0.1, 0.15) is 62.1 Å².